The molecule has 27 heavy (non-hydrogen) atoms. The Labute approximate surface area is 167 Å². The zero-order valence-corrected chi connectivity index (χ0v) is 17.9. The zero-order valence-electron chi connectivity index (χ0n) is 17.1. The van der Waals surface area contributed by atoms with Crippen LogP contribution in [-0.2, 0) is 14.9 Å². The normalized spacial score (nSPS) is 11.7. The fraction of sp³-hybridized carbons (Fsp3) is 0.727. The molecule has 0 aromatic heterocycles. The molecule has 1 rings (SSSR count). The van der Waals surface area contributed by atoms with Crippen LogP contribution >= 0.6 is 0 Å². The van der Waals surface area contributed by atoms with Crippen molar-refractivity contribution in [2.75, 3.05) is 6.61 Å². The fourth-order valence-corrected chi connectivity index (χ4v) is 3.99. The van der Waals surface area contributed by atoms with Crippen molar-refractivity contribution in [1.29, 1.82) is 0 Å². The Kier molecular flexibility index (Phi) is 14.4. The molecule has 1 aromatic carbocycles. The van der Waals surface area contributed by atoms with Gasteiger partial charge in [0.2, 0.25) is 0 Å². The molecule has 0 fully saturated rings. The summed E-state index contributed by atoms with van der Waals surface area (Å²) in [5.74, 6) is 0. The van der Waals surface area contributed by atoms with Crippen molar-refractivity contribution in [2.24, 2.45) is 0 Å². The van der Waals surface area contributed by atoms with Gasteiger partial charge in [0.25, 0.3) is 10.0 Å². The van der Waals surface area contributed by atoms with Gasteiger partial charge in [0, 0.05) is 0 Å². The average molecular weight is 398 g/mol. The van der Waals surface area contributed by atoms with Crippen LogP contribution in [0.3, 0.4) is 0 Å². The van der Waals surface area contributed by atoms with Crippen LogP contribution in [0.15, 0.2) is 35.2 Å². The Morgan fingerprint density at radius 3 is 1.63 bits per heavy atom. The maximum absolute atomic E-state index is 11.9. The molecule has 0 atom stereocenters. The molecular weight excluding hydrogens is 358 g/mol. The molecule has 0 heterocycles. The van der Waals surface area contributed by atoms with Crippen molar-refractivity contribution in [2.45, 2.75) is 102 Å². The van der Waals surface area contributed by atoms with Crippen LogP contribution in [0.4, 0.5) is 0 Å². The first-order chi connectivity index (χ1) is 13.2. The van der Waals surface area contributed by atoms with Crippen molar-refractivity contribution in [1.82, 2.24) is 4.89 Å². The van der Waals surface area contributed by atoms with Crippen LogP contribution in [0.2, 0.25) is 0 Å². The van der Waals surface area contributed by atoms with Crippen LogP contribution in [0.1, 0.15) is 96.8 Å². The molecule has 0 unspecified atom stereocenters. The molecule has 4 nitrogen and oxygen atoms in total. The highest BCUT2D eigenvalue weighted by Crippen LogP contribution is 2.13. The van der Waals surface area contributed by atoms with Gasteiger partial charge in [-0.25, -0.2) is 8.42 Å². The molecule has 0 bridgehead atoms. The second-order valence-electron chi connectivity index (χ2n) is 7.34. The molecule has 0 saturated carbocycles. The second-order valence-corrected chi connectivity index (χ2v) is 8.99. The van der Waals surface area contributed by atoms with Crippen LogP contribution in [0.5, 0.6) is 0 Å². The van der Waals surface area contributed by atoms with Crippen LogP contribution in [0, 0.1) is 0 Å². The minimum absolute atomic E-state index is 0.228. The van der Waals surface area contributed by atoms with Gasteiger partial charge in [-0.3, -0.25) is 4.84 Å². The summed E-state index contributed by atoms with van der Waals surface area (Å²) < 4.78 is 23.9. The summed E-state index contributed by atoms with van der Waals surface area (Å²) in [6, 6.07) is 8.29. The van der Waals surface area contributed by atoms with Crippen LogP contribution in [-0.4, -0.2) is 15.0 Å². The Bertz CT molecular complexity index is 546. The standard InChI is InChI=1S/C22H39NO3S/c1-2-3-4-5-6-7-8-9-10-11-12-13-14-18-21-26-23-27(24,25)22-19-16-15-17-20-22/h15-17,19-20,23H,2-14,18,21H2,1H3. The van der Waals surface area contributed by atoms with E-state index in [0.29, 0.717) is 6.61 Å². The molecule has 1 aromatic rings. The summed E-state index contributed by atoms with van der Waals surface area (Å²) in [5.41, 5.74) is 0. The minimum atomic E-state index is -3.55. The Morgan fingerprint density at radius 2 is 1.15 bits per heavy atom. The third-order valence-corrected chi connectivity index (χ3v) is 6.05. The van der Waals surface area contributed by atoms with Crippen molar-refractivity contribution in [3.63, 3.8) is 0 Å². The van der Waals surface area contributed by atoms with Gasteiger partial charge >= 0.3 is 0 Å². The van der Waals surface area contributed by atoms with Gasteiger partial charge in [0.05, 0.1) is 11.5 Å². The van der Waals surface area contributed by atoms with E-state index in [1.807, 2.05) is 0 Å². The van der Waals surface area contributed by atoms with Gasteiger partial charge in [-0.15, -0.1) is 0 Å². The van der Waals surface area contributed by atoms with Crippen molar-refractivity contribution < 1.29 is 13.3 Å². The minimum Gasteiger partial charge on any atom is -0.287 e. The first-order valence-corrected chi connectivity index (χ1v) is 12.3. The van der Waals surface area contributed by atoms with E-state index >= 15 is 0 Å². The SMILES string of the molecule is CCCCCCCCCCCCCCCCONS(=O)(=O)c1ccccc1. The van der Waals surface area contributed by atoms with E-state index in [4.69, 9.17) is 4.84 Å². The molecular formula is C22H39NO3S. The summed E-state index contributed by atoms with van der Waals surface area (Å²) in [6.45, 7) is 2.69. The number of hydrogen-bond acceptors (Lipinski definition) is 3. The summed E-state index contributed by atoms with van der Waals surface area (Å²) in [5, 5.41) is 0. The number of nitrogens with one attached hydrogen (secondary N) is 1. The molecule has 0 saturated heterocycles. The largest absolute Gasteiger partial charge is 0.287 e. The van der Waals surface area contributed by atoms with Gasteiger partial charge in [-0.05, 0) is 18.6 Å². The summed E-state index contributed by atoms with van der Waals surface area (Å²) in [7, 11) is -3.55. The van der Waals surface area contributed by atoms with E-state index in [0.717, 1.165) is 12.8 Å². The predicted molar refractivity (Wildman–Crippen MR) is 113 cm³/mol. The predicted octanol–water partition coefficient (Wildman–Crippen LogP) is 6.38. The molecule has 0 amide bonds. The Balaban J connectivity index is 1.84. The van der Waals surface area contributed by atoms with Crippen molar-refractivity contribution in [3.05, 3.63) is 30.3 Å². The van der Waals surface area contributed by atoms with E-state index in [1.165, 1.54) is 77.0 Å². The fourth-order valence-electron chi connectivity index (χ4n) is 3.14. The molecule has 5 heteroatoms. The van der Waals surface area contributed by atoms with Gasteiger partial charge in [-0.1, -0.05) is 113 Å². The van der Waals surface area contributed by atoms with Crippen molar-refractivity contribution >= 4 is 10.0 Å². The zero-order chi connectivity index (χ0) is 19.6. The van der Waals surface area contributed by atoms with Gasteiger partial charge in [0.15, 0.2) is 0 Å². The number of unbranched alkanes of at least 4 members (excludes halogenated alkanes) is 13. The third kappa shape index (κ3) is 13.0. The highest BCUT2D eigenvalue weighted by atomic mass is 32.2. The molecule has 0 aliphatic carbocycles. The molecule has 0 aliphatic heterocycles. The van der Waals surface area contributed by atoms with Gasteiger partial charge in [-0.2, -0.15) is 0 Å². The van der Waals surface area contributed by atoms with E-state index < -0.39 is 10.0 Å². The second kappa shape index (κ2) is 16.1. The van der Waals surface area contributed by atoms with Crippen LogP contribution in [0.25, 0.3) is 0 Å². The number of sulfonamides is 1. The lowest BCUT2D eigenvalue weighted by Crippen LogP contribution is -2.24. The summed E-state index contributed by atoms with van der Waals surface area (Å²) in [6.07, 6.45) is 18.2. The van der Waals surface area contributed by atoms with Crippen LogP contribution < -0.4 is 4.89 Å². The molecule has 0 spiro atoms. The summed E-state index contributed by atoms with van der Waals surface area (Å²) >= 11 is 0. The maximum atomic E-state index is 11.9. The molecule has 156 valence electrons. The lowest BCUT2D eigenvalue weighted by atomic mass is 10.0. The molecule has 0 aliphatic rings. The highest BCUT2D eigenvalue weighted by Gasteiger charge is 2.12. The van der Waals surface area contributed by atoms with Gasteiger partial charge in [0.1, 0.15) is 0 Å². The molecule has 1 N–H and O–H groups in total. The number of rotatable bonds is 18. The summed E-state index contributed by atoms with van der Waals surface area (Å²) in [4.78, 5) is 7.54. The number of benzene rings is 1. The quantitative estimate of drug-likeness (QED) is 0.231. The number of hydrogen-bond donors (Lipinski definition) is 1. The third-order valence-electron chi connectivity index (χ3n) is 4.82. The molecule has 0 radical (unpaired) electrons. The first-order valence-electron chi connectivity index (χ1n) is 10.9. The lowest BCUT2D eigenvalue weighted by Gasteiger charge is -2.07. The topological polar surface area (TPSA) is 55.4 Å². The lowest BCUT2D eigenvalue weighted by molar-refractivity contribution is 0.0896. The smallest absolute Gasteiger partial charge is 0.262 e. The van der Waals surface area contributed by atoms with E-state index in [-0.39, 0.29) is 4.90 Å². The van der Waals surface area contributed by atoms with E-state index in [2.05, 4.69) is 11.8 Å². The van der Waals surface area contributed by atoms with E-state index in [1.54, 1.807) is 30.3 Å². The Hall–Kier alpha value is -0.910. The van der Waals surface area contributed by atoms with E-state index in [9.17, 15) is 8.42 Å². The van der Waals surface area contributed by atoms with Crippen molar-refractivity contribution in [3.8, 4) is 0 Å². The van der Waals surface area contributed by atoms with Gasteiger partial charge < -0.3 is 0 Å². The first kappa shape index (κ1) is 24.1. The average Bonchev–Trinajstić information content (AvgIpc) is 2.68. The highest BCUT2D eigenvalue weighted by molar-refractivity contribution is 7.89. The monoisotopic (exact) mass is 397 g/mol. The Morgan fingerprint density at radius 1 is 0.704 bits per heavy atom. The maximum Gasteiger partial charge on any atom is 0.262 e.